The van der Waals surface area contributed by atoms with Gasteiger partial charge in [-0.05, 0) is 26.0 Å². The van der Waals surface area contributed by atoms with E-state index in [1.165, 1.54) is 18.2 Å². The van der Waals surface area contributed by atoms with Gasteiger partial charge in [-0.2, -0.15) is 0 Å². The summed E-state index contributed by atoms with van der Waals surface area (Å²) in [5, 5.41) is 14.1. The van der Waals surface area contributed by atoms with Crippen molar-refractivity contribution in [2.24, 2.45) is 0 Å². The summed E-state index contributed by atoms with van der Waals surface area (Å²) < 4.78 is 0. The molecule has 1 saturated heterocycles. The van der Waals surface area contributed by atoms with Crippen LogP contribution in [-0.4, -0.2) is 41.9 Å². The number of non-ortho nitro benzene ring substituents is 1. The van der Waals surface area contributed by atoms with Crippen LogP contribution in [0, 0.1) is 10.1 Å². The molecule has 1 aromatic carbocycles. The zero-order valence-corrected chi connectivity index (χ0v) is 11.9. The number of rotatable bonds is 4. The Morgan fingerprint density at radius 3 is 2.95 bits per heavy atom. The number of nitro groups is 1. The highest BCUT2D eigenvalue weighted by molar-refractivity contribution is 6.31. The third kappa shape index (κ3) is 3.08. The zero-order valence-electron chi connectivity index (χ0n) is 11.1. The molecule has 1 fully saturated rings. The van der Waals surface area contributed by atoms with Crippen LogP contribution in [0.2, 0.25) is 5.02 Å². The Kier molecular flexibility index (Phi) is 4.57. The van der Waals surface area contributed by atoms with Crippen molar-refractivity contribution < 1.29 is 9.72 Å². The van der Waals surface area contributed by atoms with Crippen LogP contribution in [0.5, 0.6) is 0 Å². The molecule has 6 nitrogen and oxygen atoms in total. The molecule has 2 rings (SSSR count). The van der Waals surface area contributed by atoms with E-state index in [0.717, 1.165) is 12.8 Å². The lowest BCUT2D eigenvalue weighted by atomic mass is 10.1. The summed E-state index contributed by atoms with van der Waals surface area (Å²) in [6.45, 7) is 1.39. The van der Waals surface area contributed by atoms with Gasteiger partial charge >= 0.3 is 0 Å². The second-order valence-electron chi connectivity index (χ2n) is 4.81. The standard InChI is InChI=1S/C13H16ClN3O3/c1-15-8-11-3-2-4-16(11)13(18)9-5-10(14)7-12(6-9)17(19)20/h5-7,11,15H,2-4,8H2,1H3. The van der Waals surface area contributed by atoms with Crippen molar-refractivity contribution in [3.63, 3.8) is 0 Å². The first-order chi connectivity index (χ1) is 9.52. The largest absolute Gasteiger partial charge is 0.334 e. The number of nitrogens with one attached hydrogen (secondary N) is 1. The van der Waals surface area contributed by atoms with E-state index in [1.54, 1.807) is 4.90 Å². The lowest BCUT2D eigenvalue weighted by Crippen LogP contribution is -2.40. The van der Waals surface area contributed by atoms with E-state index in [4.69, 9.17) is 11.6 Å². The van der Waals surface area contributed by atoms with Gasteiger partial charge in [0.2, 0.25) is 0 Å². The van der Waals surface area contributed by atoms with Gasteiger partial charge in [0.1, 0.15) is 0 Å². The Bertz CT molecular complexity index is 536. The maximum atomic E-state index is 12.5. The van der Waals surface area contributed by atoms with E-state index in [0.29, 0.717) is 13.1 Å². The molecule has 1 amide bonds. The van der Waals surface area contributed by atoms with Gasteiger partial charge in [0.05, 0.1) is 4.92 Å². The first-order valence-corrected chi connectivity index (χ1v) is 6.81. The van der Waals surface area contributed by atoms with Crippen molar-refractivity contribution in [1.29, 1.82) is 0 Å². The lowest BCUT2D eigenvalue weighted by molar-refractivity contribution is -0.384. The predicted octanol–water partition coefficient (Wildman–Crippen LogP) is 2.07. The number of hydrogen-bond acceptors (Lipinski definition) is 4. The van der Waals surface area contributed by atoms with Crippen LogP contribution in [0.15, 0.2) is 18.2 Å². The normalized spacial score (nSPS) is 18.3. The summed E-state index contributed by atoms with van der Waals surface area (Å²) in [6, 6.07) is 4.13. The highest BCUT2D eigenvalue weighted by Crippen LogP contribution is 2.25. The zero-order chi connectivity index (χ0) is 14.7. The van der Waals surface area contributed by atoms with Gasteiger partial charge in [-0.3, -0.25) is 14.9 Å². The van der Waals surface area contributed by atoms with Gasteiger partial charge in [-0.25, -0.2) is 0 Å². The molecule has 1 atom stereocenters. The van der Waals surface area contributed by atoms with Gasteiger partial charge in [-0.1, -0.05) is 11.6 Å². The van der Waals surface area contributed by atoms with Crippen molar-refractivity contribution in [2.75, 3.05) is 20.1 Å². The molecular formula is C13H16ClN3O3. The van der Waals surface area contributed by atoms with Crippen LogP contribution in [0.1, 0.15) is 23.2 Å². The van der Waals surface area contributed by atoms with Crippen molar-refractivity contribution >= 4 is 23.2 Å². The molecule has 20 heavy (non-hydrogen) atoms. The molecule has 0 radical (unpaired) electrons. The second-order valence-corrected chi connectivity index (χ2v) is 5.24. The number of likely N-dealkylation sites (N-methyl/N-ethyl adjacent to an activating group) is 1. The fraction of sp³-hybridized carbons (Fsp3) is 0.462. The Balaban J connectivity index is 2.26. The third-order valence-corrected chi connectivity index (χ3v) is 3.64. The molecule has 0 aromatic heterocycles. The first-order valence-electron chi connectivity index (χ1n) is 6.43. The number of nitrogens with zero attached hydrogens (tertiary/aromatic N) is 2. The molecular weight excluding hydrogens is 282 g/mol. The summed E-state index contributed by atoms with van der Waals surface area (Å²) in [6.07, 6.45) is 1.88. The van der Waals surface area contributed by atoms with E-state index in [2.05, 4.69) is 5.32 Å². The van der Waals surface area contributed by atoms with Crippen LogP contribution in [-0.2, 0) is 0 Å². The molecule has 1 N–H and O–H groups in total. The molecule has 0 saturated carbocycles. The molecule has 1 unspecified atom stereocenters. The second kappa shape index (κ2) is 6.19. The molecule has 1 aliphatic heterocycles. The van der Waals surface area contributed by atoms with Gasteiger partial charge in [0.15, 0.2) is 0 Å². The van der Waals surface area contributed by atoms with Crippen LogP contribution in [0.3, 0.4) is 0 Å². The number of nitro benzene ring substituents is 1. The summed E-state index contributed by atoms with van der Waals surface area (Å²) in [5.74, 6) is -0.201. The Morgan fingerprint density at radius 2 is 2.30 bits per heavy atom. The fourth-order valence-corrected chi connectivity index (χ4v) is 2.75. The summed E-state index contributed by atoms with van der Waals surface area (Å²) in [5.41, 5.74) is 0.109. The topological polar surface area (TPSA) is 75.5 Å². The number of hydrogen-bond donors (Lipinski definition) is 1. The average Bonchev–Trinajstić information content (AvgIpc) is 2.85. The van der Waals surface area contributed by atoms with E-state index in [-0.39, 0.29) is 28.2 Å². The third-order valence-electron chi connectivity index (χ3n) is 3.42. The maximum Gasteiger partial charge on any atom is 0.271 e. The van der Waals surface area contributed by atoms with E-state index >= 15 is 0 Å². The Morgan fingerprint density at radius 1 is 1.55 bits per heavy atom. The number of amides is 1. The monoisotopic (exact) mass is 297 g/mol. The average molecular weight is 298 g/mol. The SMILES string of the molecule is CNCC1CCCN1C(=O)c1cc(Cl)cc([N+](=O)[O-])c1. The van der Waals surface area contributed by atoms with Crippen LogP contribution in [0.4, 0.5) is 5.69 Å². The van der Waals surface area contributed by atoms with E-state index in [1.807, 2.05) is 7.05 Å². The van der Waals surface area contributed by atoms with E-state index < -0.39 is 4.92 Å². The van der Waals surface area contributed by atoms with Crippen molar-refractivity contribution in [2.45, 2.75) is 18.9 Å². The minimum Gasteiger partial charge on any atom is -0.334 e. The Hall–Kier alpha value is -1.66. The van der Waals surface area contributed by atoms with Crippen molar-refractivity contribution in [1.82, 2.24) is 10.2 Å². The fourth-order valence-electron chi connectivity index (χ4n) is 2.52. The highest BCUT2D eigenvalue weighted by atomic mass is 35.5. The summed E-state index contributed by atoms with van der Waals surface area (Å²) >= 11 is 5.85. The molecule has 0 aliphatic carbocycles. The molecule has 108 valence electrons. The van der Waals surface area contributed by atoms with Gasteiger partial charge in [0.25, 0.3) is 11.6 Å². The molecule has 7 heteroatoms. The first kappa shape index (κ1) is 14.7. The smallest absolute Gasteiger partial charge is 0.271 e. The minimum atomic E-state index is -0.544. The number of benzene rings is 1. The molecule has 1 aliphatic rings. The number of carbonyl (C=O) groups excluding carboxylic acids is 1. The van der Waals surface area contributed by atoms with Crippen LogP contribution >= 0.6 is 11.6 Å². The van der Waals surface area contributed by atoms with Gasteiger partial charge < -0.3 is 10.2 Å². The maximum absolute atomic E-state index is 12.5. The Labute approximate surface area is 121 Å². The summed E-state index contributed by atoms with van der Waals surface area (Å²) in [7, 11) is 1.84. The van der Waals surface area contributed by atoms with E-state index in [9.17, 15) is 14.9 Å². The molecule has 1 heterocycles. The molecule has 0 bridgehead atoms. The van der Waals surface area contributed by atoms with Crippen LogP contribution < -0.4 is 5.32 Å². The van der Waals surface area contributed by atoms with Gasteiger partial charge in [-0.15, -0.1) is 0 Å². The van der Waals surface area contributed by atoms with Crippen LogP contribution in [0.25, 0.3) is 0 Å². The number of likely N-dealkylation sites (tertiary alicyclic amines) is 1. The predicted molar refractivity (Wildman–Crippen MR) is 76.1 cm³/mol. The number of halogens is 1. The van der Waals surface area contributed by atoms with Gasteiger partial charge in [0, 0.05) is 41.9 Å². The summed E-state index contributed by atoms with van der Waals surface area (Å²) in [4.78, 5) is 24.5. The van der Waals surface area contributed by atoms with Crippen molar-refractivity contribution in [3.8, 4) is 0 Å². The number of carbonyl (C=O) groups is 1. The molecule has 0 spiro atoms. The van der Waals surface area contributed by atoms with Crippen molar-refractivity contribution in [3.05, 3.63) is 38.9 Å². The highest BCUT2D eigenvalue weighted by Gasteiger charge is 2.29. The lowest BCUT2D eigenvalue weighted by Gasteiger charge is -2.24. The minimum absolute atomic E-state index is 0.130. The molecule has 1 aromatic rings. The quantitative estimate of drug-likeness (QED) is 0.682.